The molecule has 1 aromatic rings. The summed E-state index contributed by atoms with van der Waals surface area (Å²) in [5, 5.41) is 2.91. The van der Waals surface area contributed by atoms with E-state index < -0.39 is 6.04 Å². The van der Waals surface area contributed by atoms with Crippen molar-refractivity contribution in [3.05, 3.63) is 35.9 Å². The highest BCUT2D eigenvalue weighted by molar-refractivity contribution is 5.85. The van der Waals surface area contributed by atoms with Crippen molar-refractivity contribution >= 4 is 18.3 Å². The van der Waals surface area contributed by atoms with Crippen LogP contribution < -0.4 is 11.1 Å². The Kier molecular flexibility index (Phi) is 5.48. The fourth-order valence-corrected chi connectivity index (χ4v) is 1.35. The first-order valence-corrected chi connectivity index (χ1v) is 5.06. The molecule has 3 N–H and O–H groups in total. The molecule has 0 saturated carbocycles. The highest BCUT2D eigenvalue weighted by atomic mass is 35.5. The van der Waals surface area contributed by atoms with Gasteiger partial charge in [-0.1, -0.05) is 30.3 Å². The van der Waals surface area contributed by atoms with Crippen molar-refractivity contribution in [1.82, 2.24) is 5.32 Å². The summed E-state index contributed by atoms with van der Waals surface area (Å²) < 4.78 is 0. The van der Waals surface area contributed by atoms with Crippen molar-refractivity contribution in [3.63, 3.8) is 0 Å². The van der Waals surface area contributed by atoms with Gasteiger partial charge in [0.2, 0.25) is 5.91 Å². The summed E-state index contributed by atoms with van der Waals surface area (Å²) in [4.78, 5) is 11.5. The molecule has 0 bridgehead atoms. The normalized spacial score (nSPS) is 12.5. The van der Waals surface area contributed by atoms with Gasteiger partial charge in [0.25, 0.3) is 0 Å². The number of carbonyl (C=O) groups is 1. The zero-order valence-electron chi connectivity index (χ0n) is 9.86. The third kappa shape index (κ3) is 3.83. The van der Waals surface area contributed by atoms with E-state index in [1.807, 2.05) is 44.2 Å². The first-order chi connectivity index (χ1) is 6.93. The van der Waals surface area contributed by atoms with E-state index in [9.17, 15) is 4.79 Å². The molecule has 4 heteroatoms. The minimum absolute atomic E-state index is 0. The molecule has 0 radical (unpaired) electrons. The van der Waals surface area contributed by atoms with Gasteiger partial charge in [0, 0.05) is 0 Å². The van der Waals surface area contributed by atoms with Crippen LogP contribution in [0.2, 0.25) is 0 Å². The van der Waals surface area contributed by atoms with Gasteiger partial charge in [-0.2, -0.15) is 0 Å². The van der Waals surface area contributed by atoms with E-state index in [4.69, 9.17) is 5.73 Å². The monoisotopic (exact) mass is 242 g/mol. The van der Waals surface area contributed by atoms with Gasteiger partial charge in [-0.25, -0.2) is 0 Å². The molecular formula is C12H19ClN2O. The molecule has 3 nitrogen and oxygen atoms in total. The topological polar surface area (TPSA) is 55.1 Å². The van der Waals surface area contributed by atoms with Crippen LogP contribution in [0.25, 0.3) is 0 Å². The fraction of sp³-hybridized carbons (Fsp3) is 0.417. The second kappa shape index (κ2) is 5.87. The van der Waals surface area contributed by atoms with Gasteiger partial charge in [-0.3, -0.25) is 4.79 Å². The van der Waals surface area contributed by atoms with Crippen LogP contribution in [0.5, 0.6) is 0 Å². The number of nitrogens with two attached hydrogens (primary N) is 1. The van der Waals surface area contributed by atoms with Gasteiger partial charge in [-0.05, 0) is 26.3 Å². The number of halogens is 1. The van der Waals surface area contributed by atoms with Crippen molar-refractivity contribution < 1.29 is 4.79 Å². The van der Waals surface area contributed by atoms with E-state index in [0.717, 1.165) is 5.56 Å². The lowest BCUT2D eigenvalue weighted by molar-refractivity contribution is -0.123. The fourth-order valence-electron chi connectivity index (χ4n) is 1.35. The standard InChI is InChI=1S/C12H18N2O.ClH/c1-9(13)11(15)14-12(2,3)10-7-5-4-6-8-10;/h4-9H,13H2,1-3H3,(H,14,15);1H/t9-;/m0./s1. The number of rotatable bonds is 3. The number of hydrogen-bond acceptors (Lipinski definition) is 2. The summed E-state index contributed by atoms with van der Waals surface area (Å²) in [7, 11) is 0. The Morgan fingerprint density at radius 1 is 1.31 bits per heavy atom. The molecule has 16 heavy (non-hydrogen) atoms. The minimum Gasteiger partial charge on any atom is -0.346 e. The molecule has 0 unspecified atom stereocenters. The van der Waals surface area contributed by atoms with E-state index in [-0.39, 0.29) is 23.9 Å². The molecule has 1 aromatic carbocycles. The van der Waals surface area contributed by atoms with Crippen molar-refractivity contribution in [2.24, 2.45) is 5.73 Å². The van der Waals surface area contributed by atoms with Crippen LogP contribution in [0.4, 0.5) is 0 Å². The molecule has 0 saturated heterocycles. The molecule has 0 aliphatic rings. The molecule has 1 atom stereocenters. The van der Waals surface area contributed by atoms with Crippen LogP contribution in [-0.4, -0.2) is 11.9 Å². The van der Waals surface area contributed by atoms with Gasteiger partial charge >= 0.3 is 0 Å². The maximum absolute atomic E-state index is 11.5. The van der Waals surface area contributed by atoms with Crippen LogP contribution in [0, 0.1) is 0 Å². The maximum Gasteiger partial charge on any atom is 0.237 e. The Morgan fingerprint density at radius 2 is 1.81 bits per heavy atom. The zero-order chi connectivity index (χ0) is 11.5. The summed E-state index contributed by atoms with van der Waals surface area (Å²) in [5.41, 5.74) is 6.19. The van der Waals surface area contributed by atoms with Crippen molar-refractivity contribution in [1.29, 1.82) is 0 Å². The molecule has 0 aliphatic heterocycles. The molecule has 0 heterocycles. The second-order valence-corrected chi connectivity index (χ2v) is 4.27. The van der Waals surface area contributed by atoms with Gasteiger partial charge < -0.3 is 11.1 Å². The lowest BCUT2D eigenvalue weighted by atomic mass is 9.94. The zero-order valence-corrected chi connectivity index (χ0v) is 10.7. The number of carbonyl (C=O) groups excluding carboxylic acids is 1. The van der Waals surface area contributed by atoms with Crippen LogP contribution >= 0.6 is 12.4 Å². The first-order valence-electron chi connectivity index (χ1n) is 5.06. The Labute approximate surface area is 103 Å². The quantitative estimate of drug-likeness (QED) is 0.850. The number of nitrogens with one attached hydrogen (secondary N) is 1. The Balaban J connectivity index is 0.00000225. The van der Waals surface area contributed by atoms with Gasteiger partial charge in [0.1, 0.15) is 0 Å². The smallest absolute Gasteiger partial charge is 0.237 e. The van der Waals surface area contributed by atoms with Crippen molar-refractivity contribution in [2.45, 2.75) is 32.4 Å². The predicted octanol–water partition coefficient (Wildman–Crippen LogP) is 1.81. The third-order valence-corrected chi connectivity index (χ3v) is 2.34. The SMILES string of the molecule is C[C@H](N)C(=O)NC(C)(C)c1ccccc1.Cl. The molecule has 1 rings (SSSR count). The summed E-state index contributed by atoms with van der Waals surface area (Å²) in [6.45, 7) is 5.60. The van der Waals surface area contributed by atoms with Crippen molar-refractivity contribution in [2.75, 3.05) is 0 Å². The summed E-state index contributed by atoms with van der Waals surface area (Å²) in [6.07, 6.45) is 0. The van der Waals surface area contributed by atoms with E-state index in [1.54, 1.807) is 6.92 Å². The number of amides is 1. The molecular weight excluding hydrogens is 224 g/mol. The van der Waals surface area contributed by atoms with E-state index >= 15 is 0 Å². The highest BCUT2D eigenvalue weighted by Gasteiger charge is 2.23. The molecule has 0 aromatic heterocycles. The van der Waals surface area contributed by atoms with Crippen LogP contribution in [0.1, 0.15) is 26.3 Å². The van der Waals surface area contributed by atoms with E-state index in [1.165, 1.54) is 0 Å². The summed E-state index contributed by atoms with van der Waals surface area (Å²) in [6, 6.07) is 9.35. The van der Waals surface area contributed by atoms with Crippen LogP contribution in [0.15, 0.2) is 30.3 Å². The molecule has 0 spiro atoms. The molecule has 0 aliphatic carbocycles. The number of hydrogen-bond donors (Lipinski definition) is 2. The third-order valence-electron chi connectivity index (χ3n) is 2.34. The second-order valence-electron chi connectivity index (χ2n) is 4.27. The minimum atomic E-state index is -0.479. The maximum atomic E-state index is 11.5. The average molecular weight is 243 g/mol. The number of benzene rings is 1. The van der Waals surface area contributed by atoms with E-state index in [0.29, 0.717) is 0 Å². The van der Waals surface area contributed by atoms with Gasteiger partial charge in [0.15, 0.2) is 0 Å². The average Bonchev–Trinajstić information content (AvgIpc) is 2.18. The van der Waals surface area contributed by atoms with Gasteiger partial charge in [-0.15, -0.1) is 12.4 Å². The summed E-state index contributed by atoms with van der Waals surface area (Å²) in [5.74, 6) is -0.135. The Bertz CT molecular complexity index is 336. The predicted molar refractivity (Wildman–Crippen MR) is 68.5 cm³/mol. The molecule has 90 valence electrons. The Hall–Kier alpha value is -1.06. The molecule has 0 fully saturated rings. The molecule has 1 amide bonds. The van der Waals surface area contributed by atoms with Crippen molar-refractivity contribution in [3.8, 4) is 0 Å². The van der Waals surface area contributed by atoms with Crippen LogP contribution in [-0.2, 0) is 10.3 Å². The van der Waals surface area contributed by atoms with Gasteiger partial charge in [0.05, 0.1) is 11.6 Å². The van der Waals surface area contributed by atoms with Crippen LogP contribution in [0.3, 0.4) is 0 Å². The largest absolute Gasteiger partial charge is 0.346 e. The lowest BCUT2D eigenvalue weighted by Gasteiger charge is -2.27. The first kappa shape index (κ1) is 14.9. The summed E-state index contributed by atoms with van der Waals surface area (Å²) >= 11 is 0. The van der Waals surface area contributed by atoms with E-state index in [2.05, 4.69) is 5.32 Å². The Morgan fingerprint density at radius 3 is 2.25 bits per heavy atom. The lowest BCUT2D eigenvalue weighted by Crippen LogP contribution is -2.47. The highest BCUT2D eigenvalue weighted by Crippen LogP contribution is 2.19.